The number of rotatable bonds is 4. The monoisotopic (exact) mass is 240 g/mol. The normalized spacial score (nSPS) is 12.2. The lowest BCUT2D eigenvalue weighted by molar-refractivity contribution is -0.140. The van der Waals surface area contributed by atoms with E-state index >= 15 is 0 Å². The minimum Gasteiger partial charge on any atom is -0.481 e. The molecule has 0 saturated heterocycles. The molecule has 7 nitrogen and oxygen atoms in total. The van der Waals surface area contributed by atoms with E-state index in [2.05, 4.69) is 5.10 Å². The molecule has 17 heavy (non-hydrogen) atoms. The van der Waals surface area contributed by atoms with Crippen molar-refractivity contribution in [2.75, 3.05) is 11.4 Å². The molecular formula is C10H16N4O3. The first-order valence-electron chi connectivity index (χ1n) is 5.13. The van der Waals surface area contributed by atoms with Gasteiger partial charge in [0.25, 0.3) is 0 Å². The minimum atomic E-state index is -0.982. The molecular weight excluding hydrogens is 224 g/mol. The average Bonchev–Trinajstić information content (AvgIpc) is 2.54. The number of carbonyl (C=O) groups is 2. The van der Waals surface area contributed by atoms with Crippen LogP contribution in [-0.4, -0.2) is 33.4 Å². The minimum absolute atomic E-state index is 0.00111. The summed E-state index contributed by atoms with van der Waals surface area (Å²) in [4.78, 5) is 23.2. The Morgan fingerprint density at radius 2 is 2.24 bits per heavy atom. The van der Waals surface area contributed by atoms with Crippen molar-refractivity contribution in [2.24, 2.45) is 18.7 Å². The van der Waals surface area contributed by atoms with Crippen LogP contribution >= 0.6 is 0 Å². The van der Waals surface area contributed by atoms with Gasteiger partial charge in [-0.05, 0) is 6.92 Å². The van der Waals surface area contributed by atoms with E-state index in [4.69, 9.17) is 10.8 Å². The van der Waals surface area contributed by atoms with E-state index in [9.17, 15) is 9.59 Å². The number of carboxylic acid groups (broad SMARTS) is 1. The molecule has 0 aliphatic carbocycles. The molecule has 1 aromatic heterocycles. The van der Waals surface area contributed by atoms with Gasteiger partial charge in [0.05, 0.1) is 5.92 Å². The molecule has 0 fully saturated rings. The number of anilines is 1. The third-order valence-electron chi connectivity index (χ3n) is 2.52. The smallest absolute Gasteiger partial charge is 0.320 e. The number of aliphatic carboxylic acids is 1. The van der Waals surface area contributed by atoms with Crippen molar-refractivity contribution in [1.29, 1.82) is 0 Å². The first-order chi connectivity index (χ1) is 7.82. The van der Waals surface area contributed by atoms with Gasteiger partial charge in [-0.3, -0.25) is 14.4 Å². The van der Waals surface area contributed by atoms with E-state index in [-0.39, 0.29) is 6.54 Å². The molecule has 1 aromatic rings. The molecule has 1 atom stereocenters. The predicted molar refractivity (Wildman–Crippen MR) is 61.7 cm³/mol. The van der Waals surface area contributed by atoms with Crippen LogP contribution in [0.2, 0.25) is 0 Å². The number of primary amides is 1. The van der Waals surface area contributed by atoms with Gasteiger partial charge in [0.2, 0.25) is 0 Å². The van der Waals surface area contributed by atoms with Gasteiger partial charge in [-0.15, -0.1) is 0 Å². The van der Waals surface area contributed by atoms with Crippen LogP contribution in [0, 0.1) is 12.8 Å². The third kappa shape index (κ3) is 2.96. The summed E-state index contributed by atoms with van der Waals surface area (Å²) in [6.45, 7) is 3.34. The Morgan fingerprint density at radius 1 is 1.65 bits per heavy atom. The van der Waals surface area contributed by atoms with E-state index in [1.54, 1.807) is 17.8 Å². The van der Waals surface area contributed by atoms with Crippen LogP contribution in [0.4, 0.5) is 10.6 Å². The van der Waals surface area contributed by atoms with Gasteiger partial charge in [-0.25, -0.2) is 4.79 Å². The van der Waals surface area contributed by atoms with Gasteiger partial charge in [-0.1, -0.05) is 6.92 Å². The summed E-state index contributed by atoms with van der Waals surface area (Å²) in [5.74, 6) is -1.32. The van der Waals surface area contributed by atoms with Gasteiger partial charge in [0.15, 0.2) is 5.82 Å². The van der Waals surface area contributed by atoms with Crippen molar-refractivity contribution < 1.29 is 14.7 Å². The zero-order chi connectivity index (χ0) is 13.2. The van der Waals surface area contributed by atoms with Crippen molar-refractivity contribution in [2.45, 2.75) is 13.8 Å². The van der Waals surface area contributed by atoms with E-state index < -0.39 is 17.9 Å². The largest absolute Gasteiger partial charge is 0.481 e. The Bertz CT molecular complexity index is 421. The fourth-order valence-electron chi connectivity index (χ4n) is 1.32. The Balaban J connectivity index is 2.94. The lowest BCUT2D eigenvalue weighted by Gasteiger charge is -2.19. The molecule has 0 bridgehead atoms. The number of hydrogen-bond donors (Lipinski definition) is 2. The molecule has 1 heterocycles. The molecule has 94 valence electrons. The number of aryl methyl sites for hydroxylation is 2. The molecule has 2 amide bonds. The number of hydrogen-bond acceptors (Lipinski definition) is 3. The topological polar surface area (TPSA) is 101 Å². The molecule has 1 unspecified atom stereocenters. The molecule has 3 N–H and O–H groups in total. The lowest BCUT2D eigenvalue weighted by Crippen LogP contribution is -2.40. The quantitative estimate of drug-likeness (QED) is 0.791. The number of carboxylic acids is 1. The summed E-state index contributed by atoms with van der Waals surface area (Å²) >= 11 is 0. The predicted octanol–water partition coefficient (Wildman–Crippen LogP) is 0.334. The second-order valence-corrected chi connectivity index (χ2v) is 3.96. The SMILES string of the molecule is Cc1cc(N(CC(C)C(=O)O)C(N)=O)nn1C. The number of carbonyl (C=O) groups excluding carboxylic acids is 1. The Labute approximate surface area is 98.8 Å². The Kier molecular flexibility index (Phi) is 3.72. The zero-order valence-corrected chi connectivity index (χ0v) is 10.0. The van der Waals surface area contributed by atoms with Crippen LogP contribution in [0.25, 0.3) is 0 Å². The zero-order valence-electron chi connectivity index (χ0n) is 10.0. The summed E-state index contributed by atoms with van der Waals surface area (Å²) in [7, 11) is 1.73. The van der Waals surface area contributed by atoms with E-state index in [0.717, 1.165) is 10.6 Å². The van der Waals surface area contributed by atoms with Gasteiger partial charge in [0, 0.05) is 25.4 Å². The number of amides is 2. The standard InChI is InChI=1S/C10H16N4O3/c1-6(9(15)16)5-14(10(11)17)8-4-7(2)13(3)12-8/h4,6H,5H2,1-3H3,(H2,11,17)(H,15,16). The number of nitrogens with two attached hydrogens (primary N) is 1. The Morgan fingerprint density at radius 3 is 2.59 bits per heavy atom. The first-order valence-corrected chi connectivity index (χ1v) is 5.13. The molecule has 1 rings (SSSR count). The van der Waals surface area contributed by atoms with E-state index in [1.165, 1.54) is 6.92 Å². The highest BCUT2D eigenvalue weighted by atomic mass is 16.4. The van der Waals surface area contributed by atoms with Crippen LogP contribution < -0.4 is 10.6 Å². The van der Waals surface area contributed by atoms with Gasteiger partial charge in [0.1, 0.15) is 0 Å². The number of nitrogens with zero attached hydrogens (tertiary/aromatic N) is 3. The summed E-state index contributed by atoms with van der Waals surface area (Å²) < 4.78 is 1.59. The Hall–Kier alpha value is -2.05. The van der Waals surface area contributed by atoms with Crippen LogP contribution in [0.1, 0.15) is 12.6 Å². The maximum Gasteiger partial charge on any atom is 0.320 e. The van der Waals surface area contributed by atoms with E-state index in [1.807, 2.05) is 6.92 Å². The molecule has 0 radical (unpaired) electrons. The molecule has 0 aliphatic heterocycles. The second kappa shape index (κ2) is 4.86. The summed E-state index contributed by atoms with van der Waals surface area (Å²) in [6.07, 6.45) is 0. The second-order valence-electron chi connectivity index (χ2n) is 3.96. The first kappa shape index (κ1) is 13.0. The maximum atomic E-state index is 11.3. The summed E-state index contributed by atoms with van der Waals surface area (Å²) in [5.41, 5.74) is 6.08. The average molecular weight is 240 g/mol. The van der Waals surface area contributed by atoms with Crippen LogP contribution in [0.5, 0.6) is 0 Å². The molecule has 0 aliphatic rings. The van der Waals surface area contributed by atoms with Crippen molar-refractivity contribution in [3.8, 4) is 0 Å². The van der Waals surface area contributed by atoms with Crippen LogP contribution in [0.15, 0.2) is 6.07 Å². The molecule has 7 heteroatoms. The molecule has 0 saturated carbocycles. The summed E-state index contributed by atoms with van der Waals surface area (Å²) in [5, 5.41) is 12.9. The third-order valence-corrected chi connectivity index (χ3v) is 2.52. The maximum absolute atomic E-state index is 11.3. The number of urea groups is 1. The van der Waals surface area contributed by atoms with E-state index in [0.29, 0.717) is 5.82 Å². The molecule has 0 aromatic carbocycles. The summed E-state index contributed by atoms with van der Waals surface area (Å²) in [6, 6.07) is 0.968. The highest BCUT2D eigenvalue weighted by molar-refractivity contribution is 5.90. The van der Waals surface area contributed by atoms with Crippen molar-refractivity contribution >= 4 is 17.8 Å². The van der Waals surface area contributed by atoms with Crippen LogP contribution in [0.3, 0.4) is 0 Å². The number of aromatic nitrogens is 2. The van der Waals surface area contributed by atoms with Gasteiger partial charge < -0.3 is 10.8 Å². The van der Waals surface area contributed by atoms with Gasteiger partial charge >= 0.3 is 12.0 Å². The van der Waals surface area contributed by atoms with Crippen molar-refractivity contribution in [3.63, 3.8) is 0 Å². The molecule has 0 spiro atoms. The highest BCUT2D eigenvalue weighted by Crippen LogP contribution is 2.15. The highest BCUT2D eigenvalue weighted by Gasteiger charge is 2.22. The van der Waals surface area contributed by atoms with Crippen molar-refractivity contribution in [1.82, 2.24) is 9.78 Å². The van der Waals surface area contributed by atoms with Gasteiger partial charge in [-0.2, -0.15) is 5.10 Å². The van der Waals surface area contributed by atoms with Crippen LogP contribution in [-0.2, 0) is 11.8 Å². The lowest BCUT2D eigenvalue weighted by atomic mass is 10.2. The van der Waals surface area contributed by atoms with Crippen molar-refractivity contribution in [3.05, 3.63) is 11.8 Å². The fourth-order valence-corrected chi connectivity index (χ4v) is 1.32. The fraction of sp³-hybridized carbons (Fsp3) is 0.500.